The third kappa shape index (κ3) is 2.33. The summed E-state index contributed by atoms with van der Waals surface area (Å²) in [6.07, 6.45) is 2.01. The number of benzene rings is 1. The lowest BCUT2D eigenvalue weighted by Gasteiger charge is -2.17. The number of hydrogen-bond acceptors (Lipinski definition) is 1. The molecule has 1 amide bonds. The fourth-order valence-electron chi connectivity index (χ4n) is 1.66. The second-order valence-electron chi connectivity index (χ2n) is 5.40. The van der Waals surface area contributed by atoms with Crippen molar-refractivity contribution < 1.29 is 4.79 Å². The van der Waals surface area contributed by atoms with Crippen LogP contribution in [0, 0.1) is 5.41 Å². The van der Waals surface area contributed by atoms with Crippen LogP contribution in [0.2, 0.25) is 0 Å². The van der Waals surface area contributed by atoms with Crippen LogP contribution < -0.4 is 5.32 Å². The average Bonchev–Trinajstić information content (AvgIpc) is 2.59. The molecule has 90 valence electrons. The molecule has 0 aliphatic rings. The first-order valence-corrected chi connectivity index (χ1v) is 5.74. The number of anilines is 1. The number of carbonyl (C=O) groups excluding carboxylic acids is 1. The molecule has 0 aliphatic heterocycles. The van der Waals surface area contributed by atoms with E-state index >= 15 is 0 Å². The number of nitrogens with one attached hydrogen (secondary N) is 1. The molecule has 3 heteroatoms. The van der Waals surface area contributed by atoms with Gasteiger partial charge < -0.3 is 9.88 Å². The number of amides is 1. The Hall–Kier alpha value is -1.77. The number of aryl methyl sites for hydroxylation is 1. The van der Waals surface area contributed by atoms with Crippen LogP contribution in [-0.4, -0.2) is 10.5 Å². The molecule has 0 radical (unpaired) electrons. The summed E-state index contributed by atoms with van der Waals surface area (Å²) in [5, 5.41) is 4.12. The molecule has 1 aromatic heterocycles. The summed E-state index contributed by atoms with van der Waals surface area (Å²) in [6.45, 7) is 5.72. The van der Waals surface area contributed by atoms with Crippen molar-refractivity contribution in [2.24, 2.45) is 12.5 Å². The molecule has 17 heavy (non-hydrogen) atoms. The van der Waals surface area contributed by atoms with E-state index in [0.717, 1.165) is 11.2 Å². The zero-order valence-electron chi connectivity index (χ0n) is 10.7. The van der Waals surface area contributed by atoms with E-state index in [1.54, 1.807) is 0 Å². The average molecular weight is 230 g/mol. The highest BCUT2D eigenvalue weighted by Crippen LogP contribution is 2.22. The van der Waals surface area contributed by atoms with Gasteiger partial charge in [0.05, 0.1) is 0 Å². The highest BCUT2D eigenvalue weighted by Gasteiger charge is 2.21. The minimum Gasteiger partial charge on any atom is -0.350 e. The van der Waals surface area contributed by atoms with Crippen molar-refractivity contribution in [2.45, 2.75) is 20.8 Å². The predicted octanol–water partition coefficient (Wildman–Crippen LogP) is 3.16. The molecule has 2 rings (SSSR count). The molecule has 1 heterocycles. The molecular formula is C14H18N2O. The minimum absolute atomic E-state index is 0.0334. The Kier molecular flexibility index (Phi) is 2.69. The maximum Gasteiger partial charge on any atom is 0.229 e. The summed E-state index contributed by atoms with van der Waals surface area (Å²) < 4.78 is 2.04. The Morgan fingerprint density at radius 2 is 1.94 bits per heavy atom. The van der Waals surface area contributed by atoms with E-state index < -0.39 is 0 Å². The maximum absolute atomic E-state index is 11.9. The zero-order chi connectivity index (χ0) is 12.6. The monoisotopic (exact) mass is 230 g/mol. The number of hydrogen-bond donors (Lipinski definition) is 1. The second kappa shape index (κ2) is 3.91. The first-order valence-electron chi connectivity index (χ1n) is 5.74. The number of carbonyl (C=O) groups is 1. The van der Waals surface area contributed by atoms with Crippen LogP contribution in [0.15, 0.2) is 30.5 Å². The van der Waals surface area contributed by atoms with Crippen molar-refractivity contribution in [1.29, 1.82) is 0 Å². The molecule has 0 spiro atoms. The second-order valence-corrected chi connectivity index (χ2v) is 5.40. The van der Waals surface area contributed by atoms with Gasteiger partial charge in [-0.05, 0) is 23.6 Å². The van der Waals surface area contributed by atoms with Crippen molar-refractivity contribution in [3.8, 4) is 0 Å². The van der Waals surface area contributed by atoms with Crippen LogP contribution in [0.25, 0.3) is 10.9 Å². The van der Waals surface area contributed by atoms with Gasteiger partial charge in [0, 0.05) is 29.9 Å². The van der Waals surface area contributed by atoms with Gasteiger partial charge in [0.2, 0.25) is 5.91 Å². The fourth-order valence-corrected chi connectivity index (χ4v) is 1.66. The first-order chi connectivity index (χ1) is 7.88. The normalized spacial score (nSPS) is 11.8. The Morgan fingerprint density at radius 1 is 1.24 bits per heavy atom. The van der Waals surface area contributed by atoms with E-state index in [9.17, 15) is 4.79 Å². The van der Waals surface area contributed by atoms with E-state index in [1.807, 2.05) is 56.8 Å². The lowest BCUT2D eigenvalue weighted by Crippen LogP contribution is -2.27. The van der Waals surface area contributed by atoms with Gasteiger partial charge in [0.15, 0.2) is 0 Å². The van der Waals surface area contributed by atoms with Gasteiger partial charge in [-0.15, -0.1) is 0 Å². The smallest absolute Gasteiger partial charge is 0.229 e. The van der Waals surface area contributed by atoms with Gasteiger partial charge in [-0.3, -0.25) is 4.79 Å². The van der Waals surface area contributed by atoms with Crippen molar-refractivity contribution in [3.63, 3.8) is 0 Å². The fraction of sp³-hybridized carbons (Fsp3) is 0.357. The molecule has 0 atom stereocenters. The van der Waals surface area contributed by atoms with Gasteiger partial charge >= 0.3 is 0 Å². The number of fused-ring (bicyclic) bond motifs is 1. The van der Waals surface area contributed by atoms with Crippen LogP contribution in [-0.2, 0) is 11.8 Å². The van der Waals surface area contributed by atoms with Crippen molar-refractivity contribution >= 4 is 22.5 Å². The summed E-state index contributed by atoms with van der Waals surface area (Å²) in [4.78, 5) is 11.9. The SMILES string of the molecule is Cn1ccc2ccc(NC(=O)C(C)(C)C)cc21. The molecule has 3 nitrogen and oxygen atoms in total. The Labute approximate surface area is 101 Å². The Morgan fingerprint density at radius 3 is 2.59 bits per heavy atom. The largest absolute Gasteiger partial charge is 0.350 e. The van der Waals surface area contributed by atoms with Crippen molar-refractivity contribution in [2.75, 3.05) is 5.32 Å². The van der Waals surface area contributed by atoms with Crippen LogP contribution in [0.1, 0.15) is 20.8 Å². The molecule has 0 bridgehead atoms. The van der Waals surface area contributed by atoms with Crippen LogP contribution in [0.5, 0.6) is 0 Å². The molecular weight excluding hydrogens is 212 g/mol. The van der Waals surface area contributed by atoms with Gasteiger partial charge in [0.25, 0.3) is 0 Å². The third-order valence-corrected chi connectivity index (χ3v) is 2.83. The topological polar surface area (TPSA) is 34.0 Å². The maximum atomic E-state index is 11.9. The predicted molar refractivity (Wildman–Crippen MR) is 71.0 cm³/mol. The highest BCUT2D eigenvalue weighted by molar-refractivity contribution is 5.96. The summed E-state index contributed by atoms with van der Waals surface area (Å²) in [6, 6.07) is 8.02. The first kappa shape index (κ1) is 11.7. The minimum atomic E-state index is -0.372. The van der Waals surface area contributed by atoms with Crippen LogP contribution in [0.4, 0.5) is 5.69 Å². The number of rotatable bonds is 1. The number of nitrogens with zero attached hydrogens (tertiary/aromatic N) is 1. The standard InChI is InChI=1S/C14H18N2O/c1-14(2,3)13(17)15-11-6-5-10-7-8-16(4)12(10)9-11/h5-9H,1-4H3,(H,15,17). The van der Waals surface area contributed by atoms with Gasteiger partial charge in [-0.1, -0.05) is 26.8 Å². The van der Waals surface area contributed by atoms with Crippen molar-refractivity contribution in [1.82, 2.24) is 4.57 Å². The van der Waals surface area contributed by atoms with Crippen LogP contribution >= 0.6 is 0 Å². The summed E-state index contributed by atoms with van der Waals surface area (Å²) in [5.41, 5.74) is 1.60. The molecule has 0 fully saturated rings. The van der Waals surface area contributed by atoms with Crippen LogP contribution in [0.3, 0.4) is 0 Å². The molecule has 0 saturated carbocycles. The van der Waals surface area contributed by atoms with Gasteiger partial charge in [-0.2, -0.15) is 0 Å². The van der Waals surface area contributed by atoms with E-state index in [4.69, 9.17) is 0 Å². The zero-order valence-corrected chi connectivity index (χ0v) is 10.7. The molecule has 1 N–H and O–H groups in total. The van der Waals surface area contributed by atoms with Gasteiger partial charge in [0.1, 0.15) is 0 Å². The van der Waals surface area contributed by atoms with E-state index in [1.165, 1.54) is 5.39 Å². The molecule has 0 unspecified atom stereocenters. The van der Waals surface area contributed by atoms with Gasteiger partial charge in [-0.25, -0.2) is 0 Å². The molecule has 1 aromatic carbocycles. The lowest BCUT2D eigenvalue weighted by molar-refractivity contribution is -0.123. The Balaban J connectivity index is 2.31. The lowest BCUT2D eigenvalue weighted by atomic mass is 9.95. The molecule has 2 aromatic rings. The van der Waals surface area contributed by atoms with E-state index in [-0.39, 0.29) is 11.3 Å². The van der Waals surface area contributed by atoms with E-state index in [0.29, 0.717) is 0 Å². The van der Waals surface area contributed by atoms with Crippen molar-refractivity contribution in [3.05, 3.63) is 30.5 Å². The quantitative estimate of drug-likeness (QED) is 0.802. The molecule has 0 saturated heterocycles. The third-order valence-electron chi connectivity index (χ3n) is 2.83. The molecule has 0 aliphatic carbocycles. The number of aromatic nitrogens is 1. The summed E-state index contributed by atoms with van der Waals surface area (Å²) in [7, 11) is 2.00. The highest BCUT2D eigenvalue weighted by atomic mass is 16.2. The summed E-state index contributed by atoms with van der Waals surface area (Å²) >= 11 is 0. The Bertz CT molecular complexity index is 561. The summed E-state index contributed by atoms with van der Waals surface area (Å²) in [5.74, 6) is 0.0334. The van der Waals surface area contributed by atoms with E-state index in [2.05, 4.69) is 11.4 Å².